The molecule has 0 saturated carbocycles. The highest BCUT2D eigenvalue weighted by Gasteiger charge is 2.09. The number of rotatable bonds is 8. The van der Waals surface area contributed by atoms with Crippen LogP contribution in [0.1, 0.15) is 25.3 Å². The summed E-state index contributed by atoms with van der Waals surface area (Å²) in [6.45, 7) is 5.30. The SMILES string of the molecule is CCCN(CCCN)Cc1ccc(OC)cc1F. The Morgan fingerprint density at radius 2 is 2.11 bits per heavy atom. The number of benzene rings is 1. The van der Waals surface area contributed by atoms with Gasteiger partial charge in [0.15, 0.2) is 0 Å². The third-order valence-corrected chi connectivity index (χ3v) is 2.87. The van der Waals surface area contributed by atoms with Crippen molar-refractivity contribution in [1.82, 2.24) is 4.90 Å². The van der Waals surface area contributed by atoms with Crippen molar-refractivity contribution >= 4 is 0 Å². The normalized spacial score (nSPS) is 10.9. The van der Waals surface area contributed by atoms with Gasteiger partial charge in [0.05, 0.1) is 7.11 Å². The second kappa shape index (κ2) is 8.06. The molecular weight excluding hydrogens is 231 g/mol. The van der Waals surface area contributed by atoms with Gasteiger partial charge in [-0.3, -0.25) is 4.90 Å². The van der Waals surface area contributed by atoms with Crippen LogP contribution in [0.25, 0.3) is 0 Å². The molecule has 0 atom stereocenters. The molecule has 0 radical (unpaired) electrons. The van der Waals surface area contributed by atoms with Gasteiger partial charge in [-0.25, -0.2) is 4.39 Å². The van der Waals surface area contributed by atoms with Gasteiger partial charge >= 0.3 is 0 Å². The lowest BCUT2D eigenvalue weighted by atomic mass is 10.1. The third kappa shape index (κ3) is 4.63. The van der Waals surface area contributed by atoms with Crippen molar-refractivity contribution in [2.45, 2.75) is 26.3 Å². The standard InChI is InChI=1S/C14H23FN2O/c1-3-8-17(9-4-7-16)11-12-5-6-13(18-2)10-14(12)15/h5-6,10H,3-4,7-9,11,16H2,1-2H3. The molecule has 2 N–H and O–H groups in total. The average molecular weight is 254 g/mol. The van der Waals surface area contributed by atoms with E-state index < -0.39 is 0 Å². The zero-order valence-electron chi connectivity index (χ0n) is 11.3. The molecule has 0 aliphatic carbocycles. The highest BCUT2D eigenvalue weighted by molar-refractivity contribution is 5.28. The molecule has 0 fully saturated rings. The lowest BCUT2D eigenvalue weighted by Gasteiger charge is -2.21. The van der Waals surface area contributed by atoms with E-state index >= 15 is 0 Å². The van der Waals surface area contributed by atoms with Crippen LogP contribution in [0.15, 0.2) is 18.2 Å². The molecule has 102 valence electrons. The number of nitrogens with two attached hydrogens (primary N) is 1. The first-order valence-corrected chi connectivity index (χ1v) is 6.46. The molecule has 1 rings (SSSR count). The second-order valence-electron chi connectivity index (χ2n) is 4.38. The van der Waals surface area contributed by atoms with E-state index in [1.165, 1.54) is 6.07 Å². The Balaban J connectivity index is 2.67. The molecule has 1 aromatic rings. The van der Waals surface area contributed by atoms with Gasteiger partial charge in [0, 0.05) is 18.2 Å². The van der Waals surface area contributed by atoms with Crippen LogP contribution in [0.3, 0.4) is 0 Å². The van der Waals surface area contributed by atoms with Gasteiger partial charge in [-0.05, 0) is 38.5 Å². The molecule has 1 aromatic carbocycles. The van der Waals surface area contributed by atoms with E-state index in [1.54, 1.807) is 19.2 Å². The van der Waals surface area contributed by atoms with Gasteiger partial charge in [0.1, 0.15) is 11.6 Å². The first kappa shape index (κ1) is 14.9. The van der Waals surface area contributed by atoms with Crippen molar-refractivity contribution in [3.8, 4) is 5.75 Å². The van der Waals surface area contributed by atoms with E-state index in [0.717, 1.165) is 25.9 Å². The van der Waals surface area contributed by atoms with E-state index in [4.69, 9.17) is 10.5 Å². The van der Waals surface area contributed by atoms with Gasteiger partial charge in [-0.1, -0.05) is 13.0 Å². The summed E-state index contributed by atoms with van der Waals surface area (Å²) >= 11 is 0. The Hall–Kier alpha value is -1.13. The average Bonchev–Trinajstić information content (AvgIpc) is 2.38. The Kier molecular flexibility index (Phi) is 6.68. The van der Waals surface area contributed by atoms with Gasteiger partial charge in [0.25, 0.3) is 0 Å². The van der Waals surface area contributed by atoms with Crippen LogP contribution in [0.4, 0.5) is 4.39 Å². The lowest BCUT2D eigenvalue weighted by molar-refractivity contribution is 0.260. The largest absolute Gasteiger partial charge is 0.497 e. The summed E-state index contributed by atoms with van der Waals surface area (Å²) in [6.07, 6.45) is 2.00. The maximum absolute atomic E-state index is 13.8. The fourth-order valence-corrected chi connectivity index (χ4v) is 1.93. The summed E-state index contributed by atoms with van der Waals surface area (Å²) in [5, 5.41) is 0. The van der Waals surface area contributed by atoms with E-state index in [9.17, 15) is 4.39 Å². The number of ether oxygens (including phenoxy) is 1. The molecule has 0 amide bonds. The van der Waals surface area contributed by atoms with Crippen molar-refractivity contribution in [1.29, 1.82) is 0 Å². The van der Waals surface area contributed by atoms with Crippen LogP contribution in [0.2, 0.25) is 0 Å². The van der Waals surface area contributed by atoms with Gasteiger partial charge in [-0.2, -0.15) is 0 Å². The van der Waals surface area contributed by atoms with Crippen molar-refractivity contribution < 1.29 is 9.13 Å². The first-order chi connectivity index (χ1) is 8.71. The van der Waals surface area contributed by atoms with Crippen LogP contribution in [-0.4, -0.2) is 31.6 Å². The second-order valence-corrected chi connectivity index (χ2v) is 4.38. The third-order valence-electron chi connectivity index (χ3n) is 2.87. The molecule has 0 aliphatic rings. The van der Waals surface area contributed by atoms with Crippen molar-refractivity contribution in [2.24, 2.45) is 5.73 Å². The summed E-state index contributed by atoms with van der Waals surface area (Å²) < 4.78 is 18.8. The summed E-state index contributed by atoms with van der Waals surface area (Å²) in [5.41, 5.74) is 6.23. The number of hydrogen-bond donors (Lipinski definition) is 1. The molecule has 0 aliphatic heterocycles. The maximum Gasteiger partial charge on any atom is 0.131 e. The first-order valence-electron chi connectivity index (χ1n) is 6.46. The van der Waals surface area contributed by atoms with Gasteiger partial charge < -0.3 is 10.5 Å². The van der Waals surface area contributed by atoms with Gasteiger partial charge in [-0.15, -0.1) is 0 Å². The monoisotopic (exact) mass is 254 g/mol. The van der Waals surface area contributed by atoms with Gasteiger partial charge in [0.2, 0.25) is 0 Å². The molecule has 0 heterocycles. The van der Waals surface area contributed by atoms with E-state index in [2.05, 4.69) is 11.8 Å². The Morgan fingerprint density at radius 3 is 2.67 bits per heavy atom. The number of methoxy groups -OCH3 is 1. The quantitative estimate of drug-likeness (QED) is 0.774. The smallest absolute Gasteiger partial charge is 0.131 e. The van der Waals surface area contributed by atoms with Crippen LogP contribution in [0.5, 0.6) is 5.75 Å². The number of nitrogens with zero attached hydrogens (tertiary/aromatic N) is 1. The predicted molar refractivity (Wildman–Crippen MR) is 72.2 cm³/mol. The molecule has 0 aromatic heterocycles. The molecule has 0 unspecified atom stereocenters. The van der Waals surface area contributed by atoms with Crippen LogP contribution < -0.4 is 10.5 Å². The zero-order chi connectivity index (χ0) is 13.4. The number of halogens is 1. The van der Waals surface area contributed by atoms with Crippen LogP contribution >= 0.6 is 0 Å². The Morgan fingerprint density at radius 1 is 1.33 bits per heavy atom. The summed E-state index contributed by atoms with van der Waals surface area (Å²) in [5.74, 6) is 0.350. The Labute approximate surface area is 109 Å². The minimum absolute atomic E-state index is 0.205. The van der Waals surface area contributed by atoms with Crippen molar-refractivity contribution in [3.05, 3.63) is 29.6 Å². The van der Waals surface area contributed by atoms with Crippen LogP contribution in [0, 0.1) is 5.82 Å². The van der Waals surface area contributed by atoms with E-state index in [0.29, 0.717) is 24.4 Å². The van der Waals surface area contributed by atoms with Crippen LogP contribution in [-0.2, 0) is 6.54 Å². The molecule has 18 heavy (non-hydrogen) atoms. The number of hydrogen-bond acceptors (Lipinski definition) is 3. The summed E-state index contributed by atoms with van der Waals surface area (Å²) in [7, 11) is 1.54. The maximum atomic E-state index is 13.8. The van der Waals surface area contributed by atoms with E-state index in [-0.39, 0.29) is 5.82 Å². The predicted octanol–water partition coefficient (Wildman–Crippen LogP) is 2.40. The molecule has 0 saturated heterocycles. The lowest BCUT2D eigenvalue weighted by Crippen LogP contribution is -2.27. The van der Waals surface area contributed by atoms with Crippen molar-refractivity contribution in [3.63, 3.8) is 0 Å². The minimum atomic E-state index is -0.205. The fourth-order valence-electron chi connectivity index (χ4n) is 1.93. The molecule has 0 spiro atoms. The molecule has 0 bridgehead atoms. The van der Waals surface area contributed by atoms with E-state index in [1.807, 2.05) is 0 Å². The van der Waals surface area contributed by atoms with Crippen molar-refractivity contribution in [2.75, 3.05) is 26.7 Å². The zero-order valence-corrected chi connectivity index (χ0v) is 11.3. The molecule has 3 nitrogen and oxygen atoms in total. The fraction of sp³-hybridized carbons (Fsp3) is 0.571. The highest BCUT2D eigenvalue weighted by atomic mass is 19.1. The minimum Gasteiger partial charge on any atom is -0.497 e. The summed E-state index contributed by atoms with van der Waals surface area (Å²) in [6, 6.07) is 5.02. The summed E-state index contributed by atoms with van der Waals surface area (Å²) in [4.78, 5) is 2.23. The highest BCUT2D eigenvalue weighted by Crippen LogP contribution is 2.17. The molecular formula is C14H23FN2O. The molecule has 4 heteroatoms. The topological polar surface area (TPSA) is 38.5 Å². The Bertz CT molecular complexity index is 358.